The van der Waals surface area contributed by atoms with Crippen molar-refractivity contribution in [3.8, 4) is 0 Å². The Morgan fingerprint density at radius 2 is 1.79 bits per heavy atom. The molecule has 8 heteroatoms. The molecular formula is C21H28O7S. The second-order valence-corrected chi connectivity index (χ2v) is 11.7. The number of rotatable bonds is 2. The average Bonchev–Trinajstić information content (AvgIpc) is 2.93. The Morgan fingerprint density at radius 3 is 2.52 bits per heavy atom. The molecule has 0 amide bonds. The molecule has 4 aliphatic heterocycles. The molecule has 2 bridgehead atoms. The van der Waals surface area contributed by atoms with Crippen LogP contribution in [0.1, 0.15) is 46.5 Å². The van der Waals surface area contributed by atoms with Crippen LogP contribution in [-0.2, 0) is 29.1 Å². The lowest BCUT2D eigenvalue weighted by Gasteiger charge is -2.62. The number of aliphatic hydroxyl groups is 1. The molecule has 29 heavy (non-hydrogen) atoms. The van der Waals surface area contributed by atoms with Crippen LogP contribution in [0.4, 0.5) is 0 Å². The number of benzene rings is 1. The lowest BCUT2D eigenvalue weighted by molar-refractivity contribution is -0.574. The highest BCUT2D eigenvalue weighted by molar-refractivity contribution is 7.93. The van der Waals surface area contributed by atoms with Gasteiger partial charge in [0, 0.05) is 12.3 Å². The molecule has 1 aromatic carbocycles. The monoisotopic (exact) mass is 424 g/mol. The molecule has 4 saturated heterocycles. The van der Waals surface area contributed by atoms with Crippen molar-refractivity contribution < 1.29 is 32.8 Å². The topological polar surface area (TPSA) is 91.3 Å². The van der Waals surface area contributed by atoms with E-state index in [1.54, 1.807) is 44.2 Å². The molecule has 0 aromatic heterocycles. The molecule has 160 valence electrons. The van der Waals surface area contributed by atoms with Crippen LogP contribution < -0.4 is 0 Å². The minimum Gasteiger partial charge on any atom is -0.366 e. The standard InChI is InChI=1S/C21H28O7S/c1-13-9-10-16-20(3,29(23,24)14-7-5-4-6-8-14)17(22)25-18-21(16)15(13)11-12-19(2,26-18)27-28-21/h4-8,13,15-18,22H,9-12H2,1-3H3/t13-,15+,16+,17-,18-,19+,20-,21-/m1/s1. The van der Waals surface area contributed by atoms with Gasteiger partial charge in [-0.1, -0.05) is 25.1 Å². The fraction of sp³-hybridized carbons (Fsp3) is 0.714. The minimum atomic E-state index is -3.95. The van der Waals surface area contributed by atoms with Crippen molar-refractivity contribution in [3.63, 3.8) is 0 Å². The largest absolute Gasteiger partial charge is 0.366 e. The van der Waals surface area contributed by atoms with Gasteiger partial charge >= 0.3 is 0 Å². The number of hydrogen-bond donors (Lipinski definition) is 1. The van der Waals surface area contributed by atoms with Gasteiger partial charge in [0.25, 0.3) is 0 Å². The van der Waals surface area contributed by atoms with Crippen LogP contribution in [-0.4, -0.2) is 42.2 Å². The molecule has 1 spiro atoms. The van der Waals surface area contributed by atoms with Crippen molar-refractivity contribution in [2.24, 2.45) is 17.8 Å². The molecule has 0 radical (unpaired) electrons. The second kappa shape index (κ2) is 6.24. The third-order valence-corrected chi connectivity index (χ3v) is 10.3. The first-order chi connectivity index (χ1) is 13.7. The predicted octanol–water partition coefficient (Wildman–Crippen LogP) is 2.78. The smallest absolute Gasteiger partial charge is 0.201 e. The molecule has 6 rings (SSSR count). The quantitative estimate of drug-likeness (QED) is 0.730. The number of ether oxygens (including phenoxy) is 2. The summed E-state index contributed by atoms with van der Waals surface area (Å²) in [4.78, 5) is 11.9. The number of aliphatic hydroxyl groups excluding tert-OH is 1. The van der Waals surface area contributed by atoms with Crippen molar-refractivity contribution in [3.05, 3.63) is 30.3 Å². The number of sulfone groups is 1. The van der Waals surface area contributed by atoms with E-state index in [-0.39, 0.29) is 10.8 Å². The normalized spacial score (nSPS) is 49.3. The number of fused-ring (bicyclic) bond motifs is 2. The highest BCUT2D eigenvalue weighted by atomic mass is 32.2. The summed E-state index contributed by atoms with van der Waals surface area (Å²) in [5.74, 6) is -1.21. The molecule has 8 atom stereocenters. The molecule has 5 aliphatic rings. The van der Waals surface area contributed by atoms with Gasteiger partial charge in [-0.3, -0.25) is 0 Å². The van der Waals surface area contributed by atoms with Crippen LogP contribution in [0.3, 0.4) is 0 Å². The Kier molecular flexibility index (Phi) is 4.29. The molecule has 1 aromatic rings. The maximum absolute atomic E-state index is 13.8. The van der Waals surface area contributed by atoms with E-state index >= 15 is 0 Å². The van der Waals surface area contributed by atoms with E-state index in [4.69, 9.17) is 19.2 Å². The van der Waals surface area contributed by atoms with Gasteiger partial charge in [0.1, 0.15) is 4.75 Å². The van der Waals surface area contributed by atoms with E-state index in [0.717, 1.165) is 12.8 Å². The van der Waals surface area contributed by atoms with Crippen LogP contribution in [0, 0.1) is 17.8 Å². The highest BCUT2D eigenvalue weighted by Gasteiger charge is 2.75. The van der Waals surface area contributed by atoms with E-state index in [2.05, 4.69) is 6.92 Å². The van der Waals surface area contributed by atoms with Gasteiger partial charge in [0.15, 0.2) is 28.0 Å². The zero-order chi connectivity index (χ0) is 20.7. The molecule has 0 unspecified atom stereocenters. The lowest BCUT2D eigenvalue weighted by atomic mass is 9.58. The van der Waals surface area contributed by atoms with E-state index in [1.807, 2.05) is 0 Å². The Bertz CT molecular complexity index is 905. The van der Waals surface area contributed by atoms with Crippen LogP contribution in [0.5, 0.6) is 0 Å². The van der Waals surface area contributed by atoms with Crippen molar-refractivity contribution >= 4 is 9.84 Å². The van der Waals surface area contributed by atoms with Crippen LogP contribution in [0.25, 0.3) is 0 Å². The van der Waals surface area contributed by atoms with Crippen molar-refractivity contribution in [1.82, 2.24) is 0 Å². The third kappa shape index (κ3) is 2.44. The first-order valence-corrected chi connectivity index (χ1v) is 11.8. The van der Waals surface area contributed by atoms with E-state index < -0.39 is 44.5 Å². The average molecular weight is 425 g/mol. The summed E-state index contributed by atoms with van der Waals surface area (Å²) in [5.41, 5.74) is -1.08. The van der Waals surface area contributed by atoms with Gasteiger partial charge in [0.05, 0.1) is 4.90 Å². The van der Waals surface area contributed by atoms with Gasteiger partial charge in [-0.15, -0.1) is 0 Å². The van der Waals surface area contributed by atoms with Gasteiger partial charge in [-0.25, -0.2) is 18.2 Å². The van der Waals surface area contributed by atoms with Gasteiger partial charge in [-0.05, 0) is 57.1 Å². The summed E-state index contributed by atoms with van der Waals surface area (Å²) >= 11 is 0. The molecule has 1 saturated carbocycles. The van der Waals surface area contributed by atoms with Crippen molar-refractivity contribution in [2.45, 2.75) is 80.1 Å². The maximum atomic E-state index is 13.8. The Labute approximate surface area is 171 Å². The second-order valence-electron chi connectivity index (χ2n) is 9.34. The summed E-state index contributed by atoms with van der Waals surface area (Å²) in [6.45, 7) is 5.52. The molecule has 7 nitrogen and oxygen atoms in total. The summed E-state index contributed by atoms with van der Waals surface area (Å²) < 4.78 is 38.1. The van der Waals surface area contributed by atoms with Gasteiger partial charge in [-0.2, -0.15) is 0 Å². The molecule has 1 aliphatic carbocycles. The zero-order valence-corrected chi connectivity index (χ0v) is 17.7. The molecule has 1 N–H and O–H groups in total. The highest BCUT2D eigenvalue weighted by Crippen LogP contribution is 2.63. The fourth-order valence-corrected chi connectivity index (χ4v) is 8.07. The first kappa shape index (κ1) is 19.9. The maximum Gasteiger partial charge on any atom is 0.201 e. The molecule has 4 heterocycles. The minimum absolute atomic E-state index is 0.00775. The Balaban J connectivity index is 1.69. The van der Waals surface area contributed by atoms with Crippen molar-refractivity contribution in [1.29, 1.82) is 0 Å². The van der Waals surface area contributed by atoms with Gasteiger partial charge < -0.3 is 14.6 Å². The molecular weight excluding hydrogens is 396 g/mol. The predicted molar refractivity (Wildman–Crippen MR) is 102 cm³/mol. The van der Waals surface area contributed by atoms with Crippen LogP contribution in [0.15, 0.2) is 35.2 Å². The molecule has 5 fully saturated rings. The first-order valence-electron chi connectivity index (χ1n) is 10.3. The Hall–Kier alpha value is -1.03. The van der Waals surface area contributed by atoms with E-state index in [9.17, 15) is 13.5 Å². The fourth-order valence-electron chi connectivity index (χ4n) is 6.05. The van der Waals surface area contributed by atoms with Crippen LogP contribution >= 0.6 is 0 Å². The number of hydrogen-bond acceptors (Lipinski definition) is 7. The van der Waals surface area contributed by atoms with Gasteiger partial charge in [0.2, 0.25) is 5.79 Å². The summed E-state index contributed by atoms with van der Waals surface area (Å²) in [5, 5.41) is 11.1. The zero-order valence-electron chi connectivity index (χ0n) is 16.9. The van der Waals surface area contributed by atoms with Crippen LogP contribution in [0.2, 0.25) is 0 Å². The third-order valence-electron chi connectivity index (χ3n) is 7.79. The van der Waals surface area contributed by atoms with Crippen molar-refractivity contribution in [2.75, 3.05) is 0 Å². The van der Waals surface area contributed by atoms with E-state index in [0.29, 0.717) is 18.8 Å². The van der Waals surface area contributed by atoms with E-state index in [1.165, 1.54) is 0 Å². The summed E-state index contributed by atoms with van der Waals surface area (Å²) in [6, 6.07) is 8.23. The summed E-state index contributed by atoms with van der Waals surface area (Å²) in [7, 11) is -3.95. The Morgan fingerprint density at radius 1 is 1.07 bits per heavy atom. The lowest BCUT2D eigenvalue weighted by Crippen LogP contribution is -2.76. The summed E-state index contributed by atoms with van der Waals surface area (Å²) in [6.07, 6.45) is 0.390. The SMILES string of the molecule is C[C@@H]1CC[C@@H]2[C@]34OO[C@@](C)(CC[C@@H]13)O[C@H]4O[C@@H](O)[C@]2(C)S(=O)(=O)c1ccccc1.